The van der Waals surface area contributed by atoms with Crippen molar-refractivity contribution in [3.05, 3.63) is 35.9 Å². The van der Waals surface area contributed by atoms with E-state index in [1.807, 2.05) is 18.2 Å². The number of benzene rings is 1. The van der Waals surface area contributed by atoms with Gasteiger partial charge in [-0.05, 0) is 44.1 Å². The Morgan fingerprint density at radius 1 is 1.19 bits per heavy atom. The molecule has 144 valence electrons. The molecule has 1 heterocycles. The Labute approximate surface area is 159 Å². The third-order valence-corrected chi connectivity index (χ3v) is 6.57. The second-order valence-corrected chi connectivity index (χ2v) is 8.43. The molecule has 2 saturated carbocycles. The Kier molecular flexibility index (Phi) is 4.44. The van der Waals surface area contributed by atoms with E-state index in [0.29, 0.717) is 6.54 Å². The first kappa shape index (κ1) is 18.0. The molecule has 1 unspecified atom stereocenters. The summed E-state index contributed by atoms with van der Waals surface area (Å²) in [6.45, 7) is 2.10. The molecule has 1 saturated heterocycles. The lowest BCUT2D eigenvalue weighted by atomic mass is 9.79. The Hall–Kier alpha value is -2.37. The average molecular weight is 369 g/mol. The van der Waals surface area contributed by atoms with Crippen LogP contribution in [0.25, 0.3) is 0 Å². The van der Waals surface area contributed by atoms with Gasteiger partial charge >= 0.3 is 6.03 Å². The highest BCUT2D eigenvalue weighted by atomic mass is 16.2. The normalized spacial score (nSPS) is 26.9. The lowest BCUT2D eigenvalue weighted by molar-refractivity contribution is -0.135. The van der Waals surface area contributed by atoms with Crippen molar-refractivity contribution in [3.8, 4) is 0 Å². The second kappa shape index (κ2) is 6.66. The highest BCUT2D eigenvalue weighted by Crippen LogP contribution is 2.43. The van der Waals surface area contributed by atoms with Crippen LogP contribution in [0.4, 0.5) is 4.79 Å². The first-order valence-corrected chi connectivity index (χ1v) is 9.91. The monoisotopic (exact) mass is 369 g/mol. The highest BCUT2D eigenvalue weighted by molar-refractivity contribution is 6.09. The Morgan fingerprint density at radius 2 is 1.85 bits per heavy atom. The van der Waals surface area contributed by atoms with Crippen molar-refractivity contribution in [1.29, 1.82) is 0 Å². The van der Waals surface area contributed by atoms with Gasteiger partial charge in [0.25, 0.3) is 5.91 Å². The van der Waals surface area contributed by atoms with Crippen molar-refractivity contribution in [2.45, 2.75) is 56.4 Å². The minimum atomic E-state index is -0.839. The molecule has 6 heteroatoms. The third-order valence-electron chi connectivity index (χ3n) is 6.57. The number of carbonyl (C=O) groups excluding carboxylic acids is 3. The lowest BCUT2D eigenvalue weighted by Gasteiger charge is -2.30. The number of nitrogens with one attached hydrogen (secondary N) is 2. The fourth-order valence-electron chi connectivity index (χ4n) is 4.67. The van der Waals surface area contributed by atoms with E-state index in [4.69, 9.17) is 0 Å². The molecule has 3 aliphatic rings. The number of amides is 4. The zero-order valence-corrected chi connectivity index (χ0v) is 15.8. The van der Waals surface area contributed by atoms with Crippen molar-refractivity contribution in [3.63, 3.8) is 0 Å². The van der Waals surface area contributed by atoms with Gasteiger partial charge in [0.05, 0.1) is 0 Å². The van der Waals surface area contributed by atoms with Crippen LogP contribution >= 0.6 is 0 Å². The van der Waals surface area contributed by atoms with E-state index in [1.165, 1.54) is 5.56 Å². The summed E-state index contributed by atoms with van der Waals surface area (Å²) in [5, 5.41) is 5.78. The second-order valence-electron chi connectivity index (χ2n) is 8.43. The van der Waals surface area contributed by atoms with Gasteiger partial charge in [0, 0.05) is 12.0 Å². The summed E-state index contributed by atoms with van der Waals surface area (Å²) in [6, 6.07) is 9.85. The summed E-state index contributed by atoms with van der Waals surface area (Å²) in [5.41, 5.74) is 0.365. The van der Waals surface area contributed by atoms with Gasteiger partial charge in [-0.3, -0.25) is 14.5 Å². The summed E-state index contributed by atoms with van der Waals surface area (Å²) >= 11 is 0. The number of carbonyl (C=O) groups is 3. The maximum Gasteiger partial charge on any atom is 0.325 e. The summed E-state index contributed by atoms with van der Waals surface area (Å²) in [7, 11) is 0. The van der Waals surface area contributed by atoms with Gasteiger partial charge in [-0.25, -0.2) is 4.79 Å². The minimum absolute atomic E-state index is 0.0449. The maximum atomic E-state index is 12.7. The van der Waals surface area contributed by atoms with Gasteiger partial charge in [0.15, 0.2) is 0 Å². The predicted molar refractivity (Wildman–Crippen MR) is 101 cm³/mol. The molecule has 0 bridgehead atoms. The van der Waals surface area contributed by atoms with Gasteiger partial charge in [-0.15, -0.1) is 0 Å². The summed E-state index contributed by atoms with van der Waals surface area (Å²) in [4.78, 5) is 38.5. The average Bonchev–Trinajstić information content (AvgIpc) is 3.39. The van der Waals surface area contributed by atoms with Crippen molar-refractivity contribution in [1.82, 2.24) is 15.5 Å². The topological polar surface area (TPSA) is 78.5 Å². The Balaban J connectivity index is 1.39. The van der Waals surface area contributed by atoms with Gasteiger partial charge in [0.2, 0.25) is 5.91 Å². The van der Waals surface area contributed by atoms with Gasteiger partial charge < -0.3 is 10.6 Å². The zero-order chi connectivity index (χ0) is 19.1. The molecule has 1 aliphatic heterocycles. The lowest BCUT2D eigenvalue weighted by Crippen LogP contribution is -2.47. The van der Waals surface area contributed by atoms with E-state index < -0.39 is 11.6 Å². The van der Waals surface area contributed by atoms with Crippen LogP contribution in [0, 0.1) is 5.92 Å². The molecule has 3 fully saturated rings. The maximum absolute atomic E-state index is 12.7. The van der Waals surface area contributed by atoms with E-state index in [1.54, 1.807) is 6.92 Å². The number of imide groups is 1. The van der Waals surface area contributed by atoms with Crippen LogP contribution in [-0.4, -0.2) is 41.4 Å². The molecule has 1 aromatic rings. The molecule has 2 N–H and O–H groups in total. The number of hydrogen-bond acceptors (Lipinski definition) is 3. The van der Waals surface area contributed by atoms with E-state index in [9.17, 15) is 14.4 Å². The Bertz CT molecular complexity index is 753. The van der Waals surface area contributed by atoms with Crippen molar-refractivity contribution in [2.24, 2.45) is 5.92 Å². The van der Waals surface area contributed by atoms with Crippen molar-refractivity contribution >= 4 is 17.8 Å². The molecular formula is C21H27N3O3. The fraction of sp³-hybridized carbons (Fsp3) is 0.571. The van der Waals surface area contributed by atoms with Crippen LogP contribution in [0.15, 0.2) is 30.3 Å². The van der Waals surface area contributed by atoms with Crippen LogP contribution in [0.3, 0.4) is 0 Å². The molecule has 6 nitrogen and oxygen atoms in total. The third kappa shape index (κ3) is 3.22. The SMILES string of the molecule is CC1(C2CC2)NC(=O)N(CC(=O)NCC2(c3ccccc3)CCCC2)C1=O. The van der Waals surface area contributed by atoms with Gasteiger partial charge in [-0.1, -0.05) is 43.2 Å². The van der Waals surface area contributed by atoms with E-state index >= 15 is 0 Å². The number of hydrogen-bond donors (Lipinski definition) is 2. The minimum Gasteiger partial charge on any atom is -0.354 e. The first-order valence-electron chi connectivity index (χ1n) is 9.91. The molecule has 4 amide bonds. The molecule has 0 radical (unpaired) electrons. The summed E-state index contributed by atoms with van der Waals surface area (Å²) < 4.78 is 0. The smallest absolute Gasteiger partial charge is 0.325 e. The number of nitrogens with zero attached hydrogens (tertiary/aromatic N) is 1. The molecule has 1 aromatic carbocycles. The van der Waals surface area contributed by atoms with Crippen LogP contribution in [0.1, 0.15) is 51.0 Å². The molecule has 4 rings (SSSR count). The molecule has 2 aliphatic carbocycles. The zero-order valence-electron chi connectivity index (χ0n) is 15.8. The van der Waals surface area contributed by atoms with Crippen LogP contribution in [0.2, 0.25) is 0 Å². The van der Waals surface area contributed by atoms with Crippen molar-refractivity contribution in [2.75, 3.05) is 13.1 Å². The molecule has 1 atom stereocenters. The highest BCUT2D eigenvalue weighted by Gasteiger charge is 2.56. The van der Waals surface area contributed by atoms with E-state index in [-0.39, 0.29) is 29.7 Å². The first-order chi connectivity index (χ1) is 12.9. The van der Waals surface area contributed by atoms with Gasteiger partial charge in [-0.2, -0.15) is 0 Å². The molecular weight excluding hydrogens is 342 g/mol. The van der Waals surface area contributed by atoms with E-state index in [2.05, 4.69) is 22.8 Å². The summed E-state index contributed by atoms with van der Waals surface area (Å²) in [5.74, 6) is -0.355. The molecule has 0 spiro atoms. The molecule has 27 heavy (non-hydrogen) atoms. The standard InChI is InChI=1S/C21H27N3O3/c1-20(15-9-10-15)18(26)24(19(27)23-20)13-17(25)22-14-21(11-5-6-12-21)16-7-3-2-4-8-16/h2-4,7-8,15H,5-6,9-14H2,1H3,(H,22,25)(H,23,27). The van der Waals surface area contributed by atoms with Gasteiger partial charge in [0.1, 0.15) is 12.1 Å². The van der Waals surface area contributed by atoms with Crippen LogP contribution in [-0.2, 0) is 15.0 Å². The largest absolute Gasteiger partial charge is 0.354 e. The molecule has 0 aromatic heterocycles. The predicted octanol–water partition coefficient (Wildman–Crippen LogP) is 2.34. The van der Waals surface area contributed by atoms with E-state index in [0.717, 1.165) is 43.4 Å². The fourth-order valence-corrected chi connectivity index (χ4v) is 4.67. The quantitative estimate of drug-likeness (QED) is 0.756. The van der Waals surface area contributed by atoms with Crippen molar-refractivity contribution < 1.29 is 14.4 Å². The van der Waals surface area contributed by atoms with Crippen LogP contribution in [0.5, 0.6) is 0 Å². The summed E-state index contributed by atoms with van der Waals surface area (Å²) in [6.07, 6.45) is 6.28. The Morgan fingerprint density at radius 3 is 2.48 bits per heavy atom. The number of rotatable bonds is 6. The van der Waals surface area contributed by atoms with Crippen LogP contribution < -0.4 is 10.6 Å². The number of urea groups is 1.